The molecule has 0 bridgehead atoms. The number of nitrogens with zero attached hydrogens (tertiary/aromatic N) is 2. The van der Waals surface area contributed by atoms with E-state index in [2.05, 4.69) is 5.32 Å². The Morgan fingerprint density at radius 2 is 1.84 bits per heavy atom. The van der Waals surface area contributed by atoms with Gasteiger partial charge in [0.15, 0.2) is 0 Å². The molecule has 2 aromatic carbocycles. The summed E-state index contributed by atoms with van der Waals surface area (Å²) in [6.07, 6.45) is 1.77. The lowest BCUT2D eigenvalue weighted by Gasteiger charge is -2.30. The van der Waals surface area contributed by atoms with Gasteiger partial charge in [-0.2, -0.15) is 4.31 Å². The van der Waals surface area contributed by atoms with Gasteiger partial charge >= 0.3 is 4.87 Å². The SMILES string of the molecule is CCn1c(=O)sc2cc(S(=O)(=O)N3CCC(C(=O)NCCc4ccccc4)CC3)ccc21. The molecule has 1 fully saturated rings. The number of fused-ring (bicyclic) bond motifs is 1. The largest absolute Gasteiger partial charge is 0.356 e. The number of amides is 1. The molecule has 0 radical (unpaired) electrons. The van der Waals surface area contributed by atoms with E-state index in [-0.39, 0.29) is 21.6 Å². The summed E-state index contributed by atoms with van der Waals surface area (Å²) in [6, 6.07) is 14.8. The van der Waals surface area contributed by atoms with Gasteiger partial charge in [-0.15, -0.1) is 0 Å². The molecule has 9 heteroatoms. The number of aryl methyl sites for hydroxylation is 1. The highest BCUT2D eigenvalue weighted by Gasteiger charge is 2.32. The maximum atomic E-state index is 13.1. The van der Waals surface area contributed by atoms with Gasteiger partial charge in [-0.3, -0.25) is 14.2 Å². The number of hydrogen-bond donors (Lipinski definition) is 1. The Morgan fingerprint density at radius 1 is 1.12 bits per heavy atom. The fourth-order valence-corrected chi connectivity index (χ4v) is 6.70. The first-order valence-corrected chi connectivity index (χ1v) is 13.1. The Balaban J connectivity index is 1.36. The van der Waals surface area contributed by atoms with Crippen LogP contribution in [-0.2, 0) is 27.8 Å². The molecule has 1 aliphatic heterocycles. The molecule has 170 valence electrons. The summed E-state index contributed by atoms with van der Waals surface area (Å²) in [5.41, 5.74) is 1.93. The second-order valence-corrected chi connectivity index (χ2v) is 10.9. The number of carbonyl (C=O) groups is 1. The third kappa shape index (κ3) is 4.65. The standard InChI is InChI=1S/C23H27N3O4S2/c1-2-26-20-9-8-19(16-21(20)31-23(26)28)32(29,30)25-14-11-18(12-15-25)22(27)24-13-10-17-6-4-3-5-7-17/h3-9,16,18H,2,10-15H2,1H3,(H,24,27). The average molecular weight is 474 g/mol. The van der Waals surface area contributed by atoms with Crippen LogP contribution in [0.1, 0.15) is 25.3 Å². The van der Waals surface area contributed by atoms with E-state index in [1.807, 2.05) is 37.3 Å². The Bertz CT molecular complexity index is 1260. The molecule has 1 amide bonds. The minimum atomic E-state index is -3.67. The van der Waals surface area contributed by atoms with E-state index in [9.17, 15) is 18.0 Å². The number of benzene rings is 2. The molecule has 1 saturated heterocycles. The lowest BCUT2D eigenvalue weighted by Crippen LogP contribution is -2.43. The number of carbonyl (C=O) groups excluding carboxylic acids is 1. The van der Waals surface area contributed by atoms with Crippen molar-refractivity contribution in [1.82, 2.24) is 14.2 Å². The Hall–Kier alpha value is -2.49. The third-order valence-electron chi connectivity index (χ3n) is 5.97. The van der Waals surface area contributed by atoms with Gasteiger partial charge in [0.05, 0.1) is 15.1 Å². The summed E-state index contributed by atoms with van der Waals surface area (Å²) in [4.78, 5) is 24.7. The minimum Gasteiger partial charge on any atom is -0.356 e. The first kappa shape index (κ1) is 22.7. The fourth-order valence-electron chi connectivity index (χ4n) is 4.13. The van der Waals surface area contributed by atoms with Gasteiger partial charge in [0.25, 0.3) is 0 Å². The van der Waals surface area contributed by atoms with Crippen molar-refractivity contribution in [2.45, 2.75) is 37.6 Å². The number of hydrogen-bond acceptors (Lipinski definition) is 5. The van der Waals surface area contributed by atoms with E-state index in [1.54, 1.807) is 22.8 Å². The Labute approximate surface area is 191 Å². The molecule has 0 saturated carbocycles. The van der Waals surface area contributed by atoms with Crippen molar-refractivity contribution in [1.29, 1.82) is 0 Å². The number of rotatable bonds is 7. The van der Waals surface area contributed by atoms with E-state index in [0.29, 0.717) is 43.7 Å². The number of sulfonamides is 1. The second kappa shape index (κ2) is 9.56. The van der Waals surface area contributed by atoms with Crippen molar-refractivity contribution in [3.05, 3.63) is 63.8 Å². The predicted octanol–water partition coefficient (Wildman–Crippen LogP) is 2.84. The maximum Gasteiger partial charge on any atom is 0.308 e. The van der Waals surface area contributed by atoms with Gasteiger partial charge in [-0.1, -0.05) is 41.7 Å². The van der Waals surface area contributed by atoms with Gasteiger partial charge in [-0.05, 0) is 49.9 Å². The molecule has 0 aliphatic carbocycles. The van der Waals surface area contributed by atoms with Gasteiger partial charge in [-0.25, -0.2) is 8.42 Å². The second-order valence-electron chi connectivity index (χ2n) is 7.95. The highest BCUT2D eigenvalue weighted by Crippen LogP contribution is 2.27. The summed E-state index contributed by atoms with van der Waals surface area (Å²) in [6.45, 7) is 3.63. The van der Waals surface area contributed by atoms with Crippen LogP contribution >= 0.6 is 11.3 Å². The molecule has 1 aliphatic rings. The van der Waals surface area contributed by atoms with Crippen molar-refractivity contribution in [2.24, 2.45) is 5.92 Å². The van der Waals surface area contributed by atoms with Gasteiger partial charge in [0.2, 0.25) is 15.9 Å². The fraction of sp³-hybridized carbons (Fsp3) is 0.391. The van der Waals surface area contributed by atoms with Crippen molar-refractivity contribution in [3.8, 4) is 0 Å². The summed E-state index contributed by atoms with van der Waals surface area (Å²) in [5.74, 6) is -0.186. The van der Waals surface area contributed by atoms with Crippen molar-refractivity contribution in [3.63, 3.8) is 0 Å². The van der Waals surface area contributed by atoms with Crippen LogP contribution < -0.4 is 10.2 Å². The van der Waals surface area contributed by atoms with Crippen molar-refractivity contribution < 1.29 is 13.2 Å². The molecule has 2 heterocycles. The van der Waals surface area contributed by atoms with Gasteiger partial charge in [0, 0.05) is 32.1 Å². The number of piperidine rings is 1. The molecule has 3 aromatic rings. The summed E-state index contributed by atoms with van der Waals surface area (Å²) < 4.78 is 30.0. The van der Waals surface area contributed by atoms with Crippen LogP contribution in [0.5, 0.6) is 0 Å². The zero-order chi connectivity index (χ0) is 22.7. The number of aromatic nitrogens is 1. The molecular weight excluding hydrogens is 446 g/mol. The monoisotopic (exact) mass is 473 g/mol. The van der Waals surface area contributed by atoms with E-state index >= 15 is 0 Å². The number of nitrogens with one attached hydrogen (secondary N) is 1. The van der Waals surface area contributed by atoms with E-state index in [4.69, 9.17) is 0 Å². The van der Waals surface area contributed by atoms with Crippen molar-refractivity contribution >= 4 is 37.5 Å². The van der Waals surface area contributed by atoms with Crippen LogP contribution in [0, 0.1) is 5.92 Å². The minimum absolute atomic E-state index is 0.00919. The zero-order valence-corrected chi connectivity index (χ0v) is 19.6. The molecule has 0 unspecified atom stereocenters. The topological polar surface area (TPSA) is 88.5 Å². The summed E-state index contributed by atoms with van der Waals surface area (Å²) >= 11 is 1.06. The first-order chi connectivity index (χ1) is 15.4. The van der Waals surface area contributed by atoms with Crippen LogP contribution in [-0.4, -0.2) is 42.8 Å². The van der Waals surface area contributed by atoms with Gasteiger partial charge in [0.1, 0.15) is 0 Å². The van der Waals surface area contributed by atoms with E-state index < -0.39 is 10.0 Å². The van der Waals surface area contributed by atoms with Gasteiger partial charge < -0.3 is 5.32 Å². The van der Waals surface area contributed by atoms with Crippen LogP contribution in [0.3, 0.4) is 0 Å². The molecule has 4 rings (SSSR count). The highest BCUT2D eigenvalue weighted by atomic mass is 32.2. The molecule has 0 atom stereocenters. The van der Waals surface area contributed by atoms with Crippen LogP contribution in [0.15, 0.2) is 58.2 Å². The lowest BCUT2D eigenvalue weighted by atomic mass is 9.97. The molecule has 1 aromatic heterocycles. The first-order valence-electron chi connectivity index (χ1n) is 10.9. The normalized spacial score (nSPS) is 15.8. The summed E-state index contributed by atoms with van der Waals surface area (Å²) in [5, 5.41) is 2.98. The lowest BCUT2D eigenvalue weighted by molar-refractivity contribution is -0.126. The zero-order valence-electron chi connectivity index (χ0n) is 18.0. The number of thiazole rings is 1. The Kier molecular flexibility index (Phi) is 6.78. The quantitative estimate of drug-likeness (QED) is 0.572. The van der Waals surface area contributed by atoms with Crippen LogP contribution in [0.2, 0.25) is 0 Å². The Morgan fingerprint density at radius 3 is 2.53 bits per heavy atom. The molecule has 32 heavy (non-hydrogen) atoms. The summed E-state index contributed by atoms with van der Waals surface area (Å²) in [7, 11) is -3.67. The molecule has 0 spiro atoms. The third-order valence-corrected chi connectivity index (χ3v) is 8.81. The van der Waals surface area contributed by atoms with Crippen molar-refractivity contribution in [2.75, 3.05) is 19.6 Å². The highest BCUT2D eigenvalue weighted by molar-refractivity contribution is 7.89. The van der Waals surface area contributed by atoms with E-state index in [0.717, 1.165) is 23.3 Å². The molecular formula is C23H27N3O4S2. The van der Waals surface area contributed by atoms with E-state index in [1.165, 1.54) is 9.87 Å². The molecule has 7 nitrogen and oxygen atoms in total. The van der Waals surface area contributed by atoms with Crippen LogP contribution in [0.4, 0.5) is 0 Å². The average Bonchev–Trinajstić information content (AvgIpc) is 3.13. The predicted molar refractivity (Wildman–Crippen MR) is 126 cm³/mol. The maximum absolute atomic E-state index is 13.1. The van der Waals surface area contributed by atoms with Crippen LogP contribution in [0.25, 0.3) is 10.2 Å². The smallest absolute Gasteiger partial charge is 0.308 e. The molecule has 1 N–H and O–H groups in total.